The molecule has 5 heteroatoms. The largest absolute Gasteiger partial charge is 0.378 e. The molecule has 1 unspecified atom stereocenters. The van der Waals surface area contributed by atoms with Gasteiger partial charge in [-0.25, -0.2) is 0 Å². The SMILES string of the molecule is COC1(CC(NN)c2ccc(Cl)c(Cl)c2)CCC1. The van der Waals surface area contributed by atoms with Crippen LogP contribution in [0.3, 0.4) is 0 Å². The lowest BCUT2D eigenvalue weighted by Gasteiger charge is -2.42. The highest BCUT2D eigenvalue weighted by Gasteiger charge is 2.39. The average molecular weight is 289 g/mol. The molecule has 2 rings (SSSR count). The molecule has 0 radical (unpaired) electrons. The van der Waals surface area contributed by atoms with E-state index in [0.717, 1.165) is 24.8 Å². The molecule has 18 heavy (non-hydrogen) atoms. The summed E-state index contributed by atoms with van der Waals surface area (Å²) < 4.78 is 5.63. The van der Waals surface area contributed by atoms with Crippen LogP contribution in [-0.2, 0) is 4.74 Å². The van der Waals surface area contributed by atoms with Crippen molar-refractivity contribution in [3.63, 3.8) is 0 Å². The van der Waals surface area contributed by atoms with Crippen molar-refractivity contribution in [2.45, 2.75) is 37.3 Å². The summed E-state index contributed by atoms with van der Waals surface area (Å²) >= 11 is 12.0. The molecule has 0 aromatic heterocycles. The van der Waals surface area contributed by atoms with E-state index in [1.165, 1.54) is 6.42 Å². The third-order valence-corrected chi connectivity index (χ3v) is 4.56. The molecule has 1 aliphatic rings. The monoisotopic (exact) mass is 288 g/mol. The lowest BCUT2D eigenvalue weighted by Crippen LogP contribution is -2.44. The van der Waals surface area contributed by atoms with E-state index in [9.17, 15) is 0 Å². The zero-order valence-electron chi connectivity index (χ0n) is 10.4. The van der Waals surface area contributed by atoms with Crippen LogP contribution >= 0.6 is 23.2 Å². The molecule has 1 aromatic rings. The van der Waals surface area contributed by atoms with Crippen molar-refractivity contribution in [3.05, 3.63) is 33.8 Å². The number of hydrogen-bond donors (Lipinski definition) is 2. The topological polar surface area (TPSA) is 47.3 Å². The lowest BCUT2D eigenvalue weighted by molar-refractivity contribution is -0.0838. The summed E-state index contributed by atoms with van der Waals surface area (Å²) in [6.45, 7) is 0. The first kappa shape index (κ1) is 14.1. The Kier molecular flexibility index (Phi) is 4.51. The highest BCUT2D eigenvalue weighted by molar-refractivity contribution is 6.42. The minimum Gasteiger partial charge on any atom is -0.378 e. The molecule has 3 N–H and O–H groups in total. The number of ether oxygens (including phenoxy) is 1. The molecular weight excluding hydrogens is 271 g/mol. The maximum Gasteiger partial charge on any atom is 0.0697 e. The van der Waals surface area contributed by atoms with Gasteiger partial charge in [-0.3, -0.25) is 11.3 Å². The molecule has 1 fully saturated rings. The summed E-state index contributed by atoms with van der Waals surface area (Å²) in [7, 11) is 1.77. The van der Waals surface area contributed by atoms with E-state index >= 15 is 0 Å². The Morgan fingerprint density at radius 1 is 1.39 bits per heavy atom. The van der Waals surface area contributed by atoms with Crippen LogP contribution in [0.4, 0.5) is 0 Å². The second-order valence-electron chi connectivity index (χ2n) is 4.84. The van der Waals surface area contributed by atoms with E-state index in [4.69, 9.17) is 33.8 Å². The average Bonchev–Trinajstić information content (AvgIpc) is 2.33. The summed E-state index contributed by atoms with van der Waals surface area (Å²) in [4.78, 5) is 0. The molecule has 0 heterocycles. The highest BCUT2D eigenvalue weighted by Crippen LogP contribution is 2.42. The van der Waals surface area contributed by atoms with Crippen LogP contribution in [0.1, 0.15) is 37.3 Å². The van der Waals surface area contributed by atoms with E-state index in [-0.39, 0.29) is 11.6 Å². The molecule has 0 amide bonds. The van der Waals surface area contributed by atoms with Gasteiger partial charge in [0.25, 0.3) is 0 Å². The summed E-state index contributed by atoms with van der Waals surface area (Å²) in [6, 6.07) is 5.63. The molecule has 100 valence electrons. The predicted octanol–water partition coefficient (Wildman–Crippen LogP) is 3.46. The fourth-order valence-electron chi connectivity index (χ4n) is 2.44. The van der Waals surface area contributed by atoms with Gasteiger partial charge in [-0.15, -0.1) is 0 Å². The maximum atomic E-state index is 6.04. The fourth-order valence-corrected chi connectivity index (χ4v) is 2.74. The van der Waals surface area contributed by atoms with Gasteiger partial charge < -0.3 is 4.74 Å². The number of benzene rings is 1. The van der Waals surface area contributed by atoms with E-state index < -0.39 is 0 Å². The zero-order chi connectivity index (χ0) is 13.2. The summed E-state index contributed by atoms with van der Waals surface area (Å²) in [6.07, 6.45) is 4.23. The Morgan fingerprint density at radius 3 is 2.56 bits per heavy atom. The predicted molar refractivity (Wildman–Crippen MR) is 74.7 cm³/mol. The fraction of sp³-hybridized carbons (Fsp3) is 0.538. The molecule has 0 saturated heterocycles. The number of hydrazine groups is 1. The van der Waals surface area contributed by atoms with E-state index in [0.29, 0.717) is 10.0 Å². The Hall–Kier alpha value is -0.320. The van der Waals surface area contributed by atoms with Crippen LogP contribution in [-0.4, -0.2) is 12.7 Å². The molecule has 0 aliphatic heterocycles. The van der Waals surface area contributed by atoms with Crippen molar-refractivity contribution in [1.29, 1.82) is 0 Å². The van der Waals surface area contributed by atoms with Crippen molar-refractivity contribution in [2.75, 3.05) is 7.11 Å². The third-order valence-electron chi connectivity index (χ3n) is 3.82. The van der Waals surface area contributed by atoms with Crippen molar-refractivity contribution in [1.82, 2.24) is 5.43 Å². The van der Waals surface area contributed by atoms with Crippen molar-refractivity contribution in [3.8, 4) is 0 Å². The number of hydrogen-bond acceptors (Lipinski definition) is 3. The second-order valence-corrected chi connectivity index (χ2v) is 5.65. The molecule has 1 aliphatic carbocycles. The Labute approximate surface area is 118 Å². The van der Waals surface area contributed by atoms with Crippen molar-refractivity contribution < 1.29 is 4.74 Å². The molecule has 1 atom stereocenters. The van der Waals surface area contributed by atoms with Crippen molar-refractivity contribution in [2.24, 2.45) is 5.84 Å². The van der Waals surface area contributed by atoms with Gasteiger partial charge in [-0.05, 0) is 43.4 Å². The number of halogens is 2. The van der Waals surface area contributed by atoms with Gasteiger partial charge in [0.15, 0.2) is 0 Å². The molecule has 3 nitrogen and oxygen atoms in total. The minimum absolute atomic E-state index is 0.0278. The molecular formula is C13H18Cl2N2O. The van der Waals surface area contributed by atoms with Crippen LogP contribution in [0.15, 0.2) is 18.2 Å². The van der Waals surface area contributed by atoms with Crippen LogP contribution < -0.4 is 11.3 Å². The van der Waals surface area contributed by atoms with Gasteiger partial charge in [0.2, 0.25) is 0 Å². The van der Waals surface area contributed by atoms with Crippen molar-refractivity contribution >= 4 is 23.2 Å². The van der Waals surface area contributed by atoms with Gasteiger partial charge in [0.05, 0.1) is 15.6 Å². The van der Waals surface area contributed by atoms with Gasteiger partial charge in [0.1, 0.15) is 0 Å². The number of nitrogens with one attached hydrogen (secondary N) is 1. The smallest absolute Gasteiger partial charge is 0.0697 e. The quantitative estimate of drug-likeness (QED) is 0.644. The van der Waals surface area contributed by atoms with Gasteiger partial charge in [-0.2, -0.15) is 0 Å². The Balaban J connectivity index is 2.14. The Bertz CT molecular complexity index is 416. The first-order valence-electron chi connectivity index (χ1n) is 6.06. The Morgan fingerprint density at radius 2 is 2.11 bits per heavy atom. The minimum atomic E-state index is -0.0385. The van der Waals surface area contributed by atoms with Gasteiger partial charge in [-0.1, -0.05) is 29.3 Å². The summed E-state index contributed by atoms with van der Waals surface area (Å²) in [5, 5.41) is 1.11. The third kappa shape index (κ3) is 2.81. The van der Waals surface area contributed by atoms with E-state index in [2.05, 4.69) is 5.43 Å². The number of methoxy groups -OCH3 is 1. The van der Waals surface area contributed by atoms with Crippen LogP contribution in [0.2, 0.25) is 10.0 Å². The normalized spacial score (nSPS) is 19.3. The zero-order valence-corrected chi connectivity index (χ0v) is 11.9. The highest BCUT2D eigenvalue weighted by atomic mass is 35.5. The standard InChI is InChI=1S/C13H18Cl2N2O/c1-18-13(5-2-6-13)8-12(17-16)9-3-4-10(14)11(15)7-9/h3-4,7,12,17H,2,5-6,8,16H2,1H3. The number of rotatable bonds is 5. The summed E-state index contributed by atoms with van der Waals surface area (Å²) in [5.74, 6) is 5.65. The number of nitrogens with two attached hydrogens (primary N) is 1. The van der Waals surface area contributed by atoms with Crippen LogP contribution in [0, 0.1) is 0 Å². The molecule has 0 spiro atoms. The molecule has 1 saturated carbocycles. The second kappa shape index (κ2) is 5.76. The van der Waals surface area contributed by atoms with E-state index in [1.54, 1.807) is 13.2 Å². The van der Waals surface area contributed by atoms with Gasteiger partial charge >= 0.3 is 0 Å². The van der Waals surface area contributed by atoms with E-state index in [1.807, 2.05) is 12.1 Å². The molecule has 0 bridgehead atoms. The maximum absolute atomic E-state index is 6.04. The molecule has 1 aromatic carbocycles. The van der Waals surface area contributed by atoms with Crippen LogP contribution in [0.25, 0.3) is 0 Å². The van der Waals surface area contributed by atoms with Crippen LogP contribution in [0.5, 0.6) is 0 Å². The van der Waals surface area contributed by atoms with Gasteiger partial charge in [0, 0.05) is 13.2 Å². The summed E-state index contributed by atoms with van der Waals surface area (Å²) in [5.41, 5.74) is 3.84. The lowest BCUT2D eigenvalue weighted by atomic mass is 9.75. The first-order chi connectivity index (χ1) is 8.60. The first-order valence-corrected chi connectivity index (χ1v) is 6.82.